The second kappa shape index (κ2) is 5.69. The van der Waals surface area contributed by atoms with Crippen molar-refractivity contribution in [3.63, 3.8) is 0 Å². The van der Waals surface area contributed by atoms with Crippen LogP contribution in [0.15, 0.2) is 54.7 Å². The highest BCUT2D eigenvalue weighted by Crippen LogP contribution is 2.24. The smallest absolute Gasteiger partial charge is 0.221 e. The molecule has 3 aromatic rings. The van der Waals surface area contributed by atoms with E-state index in [0.29, 0.717) is 5.69 Å². The van der Waals surface area contributed by atoms with E-state index >= 15 is 0 Å². The molecule has 1 amide bonds. The van der Waals surface area contributed by atoms with Crippen LogP contribution in [0.1, 0.15) is 6.92 Å². The number of rotatable bonds is 3. The molecule has 0 fully saturated rings. The monoisotopic (exact) mass is 293 g/mol. The van der Waals surface area contributed by atoms with Crippen LogP contribution in [0.4, 0.5) is 11.4 Å². The van der Waals surface area contributed by atoms with Crippen molar-refractivity contribution in [1.82, 2.24) is 15.0 Å². The third-order valence-corrected chi connectivity index (χ3v) is 3.17. The minimum absolute atomic E-state index is 0.109. The van der Waals surface area contributed by atoms with Crippen molar-refractivity contribution < 1.29 is 4.79 Å². The molecule has 0 aliphatic heterocycles. The van der Waals surface area contributed by atoms with E-state index in [1.807, 2.05) is 48.5 Å². The van der Waals surface area contributed by atoms with Crippen molar-refractivity contribution in [2.75, 3.05) is 11.1 Å². The molecule has 110 valence electrons. The summed E-state index contributed by atoms with van der Waals surface area (Å²) in [4.78, 5) is 11.2. The Balaban J connectivity index is 2.01. The quantitative estimate of drug-likeness (QED) is 0.726. The number of nitrogens with two attached hydrogens (primary N) is 1. The topological polar surface area (TPSA) is 85.8 Å². The minimum Gasteiger partial charge on any atom is -0.399 e. The predicted molar refractivity (Wildman–Crippen MR) is 85.5 cm³/mol. The molecule has 3 N–H and O–H groups in total. The number of nitrogens with zero attached hydrogens (tertiary/aromatic N) is 3. The lowest BCUT2D eigenvalue weighted by molar-refractivity contribution is -0.114. The SMILES string of the molecule is CC(=O)Nc1cccc(-c2cnnn2-c2ccc(N)cc2)c1. The van der Waals surface area contributed by atoms with Crippen LogP contribution in [0.5, 0.6) is 0 Å². The molecular formula is C16H15N5O. The molecule has 0 bridgehead atoms. The fourth-order valence-electron chi connectivity index (χ4n) is 2.20. The van der Waals surface area contributed by atoms with Gasteiger partial charge in [0.15, 0.2) is 0 Å². The lowest BCUT2D eigenvalue weighted by Gasteiger charge is -2.08. The van der Waals surface area contributed by atoms with Crippen LogP contribution < -0.4 is 11.1 Å². The van der Waals surface area contributed by atoms with Crippen molar-refractivity contribution in [3.8, 4) is 16.9 Å². The highest BCUT2D eigenvalue weighted by atomic mass is 16.1. The molecule has 3 rings (SSSR count). The number of carbonyl (C=O) groups excluding carboxylic acids is 1. The van der Waals surface area contributed by atoms with Crippen molar-refractivity contribution in [2.24, 2.45) is 0 Å². The molecule has 1 aromatic heterocycles. The Morgan fingerprint density at radius 3 is 2.68 bits per heavy atom. The standard InChI is InChI=1S/C16H15N5O/c1-11(22)19-14-4-2-3-12(9-14)16-10-18-20-21(16)15-7-5-13(17)6-8-15/h2-10H,17H2,1H3,(H,19,22). The number of nitrogen functional groups attached to an aromatic ring is 1. The minimum atomic E-state index is -0.109. The van der Waals surface area contributed by atoms with E-state index in [1.54, 1.807) is 10.9 Å². The van der Waals surface area contributed by atoms with E-state index in [4.69, 9.17) is 5.73 Å². The molecule has 0 unspecified atom stereocenters. The molecule has 0 saturated carbocycles. The predicted octanol–water partition coefficient (Wildman–Crippen LogP) is 2.47. The molecule has 0 aliphatic rings. The highest BCUT2D eigenvalue weighted by molar-refractivity contribution is 5.89. The average Bonchev–Trinajstić information content (AvgIpc) is 2.97. The van der Waals surface area contributed by atoms with Crippen molar-refractivity contribution in [3.05, 3.63) is 54.7 Å². The van der Waals surface area contributed by atoms with E-state index in [-0.39, 0.29) is 5.91 Å². The maximum Gasteiger partial charge on any atom is 0.221 e. The van der Waals surface area contributed by atoms with Gasteiger partial charge in [-0.1, -0.05) is 17.3 Å². The van der Waals surface area contributed by atoms with Crippen LogP contribution in [0.2, 0.25) is 0 Å². The van der Waals surface area contributed by atoms with Crippen LogP contribution in [-0.2, 0) is 4.79 Å². The lowest BCUT2D eigenvalue weighted by atomic mass is 10.1. The molecule has 0 aliphatic carbocycles. The number of carbonyl (C=O) groups is 1. The largest absolute Gasteiger partial charge is 0.399 e. The van der Waals surface area contributed by atoms with Crippen molar-refractivity contribution in [2.45, 2.75) is 6.92 Å². The Kier molecular flexibility index (Phi) is 3.57. The lowest BCUT2D eigenvalue weighted by Crippen LogP contribution is -2.05. The van der Waals surface area contributed by atoms with E-state index < -0.39 is 0 Å². The first-order chi connectivity index (χ1) is 10.6. The summed E-state index contributed by atoms with van der Waals surface area (Å²) in [6, 6.07) is 14.9. The van der Waals surface area contributed by atoms with E-state index in [0.717, 1.165) is 22.6 Å². The molecule has 0 saturated heterocycles. The van der Waals surface area contributed by atoms with Crippen LogP contribution in [-0.4, -0.2) is 20.9 Å². The Morgan fingerprint density at radius 1 is 1.18 bits per heavy atom. The number of aromatic nitrogens is 3. The average molecular weight is 293 g/mol. The Hall–Kier alpha value is -3.15. The van der Waals surface area contributed by atoms with Gasteiger partial charge in [0.1, 0.15) is 0 Å². The zero-order valence-corrected chi connectivity index (χ0v) is 12.0. The van der Waals surface area contributed by atoms with Crippen LogP contribution >= 0.6 is 0 Å². The van der Waals surface area contributed by atoms with Gasteiger partial charge in [-0.25, -0.2) is 4.68 Å². The van der Waals surface area contributed by atoms with Gasteiger partial charge in [0.2, 0.25) is 5.91 Å². The molecule has 6 nitrogen and oxygen atoms in total. The van der Waals surface area contributed by atoms with Crippen LogP contribution in [0.25, 0.3) is 16.9 Å². The molecule has 6 heteroatoms. The molecule has 2 aromatic carbocycles. The number of hydrogen-bond acceptors (Lipinski definition) is 4. The Labute approximate surface area is 127 Å². The second-order valence-corrected chi connectivity index (χ2v) is 4.88. The fraction of sp³-hybridized carbons (Fsp3) is 0.0625. The summed E-state index contributed by atoms with van der Waals surface area (Å²) in [6.07, 6.45) is 1.68. The Bertz CT molecular complexity index is 807. The number of hydrogen-bond donors (Lipinski definition) is 2. The molecule has 0 radical (unpaired) electrons. The third-order valence-electron chi connectivity index (χ3n) is 3.17. The van der Waals surface area contributed by atoms with E-state index in [2.05, 4.69) is 15.6 Å². The number of nitrogens with one attached hydrogen (secondary N) is 1. The van der Waals surface area contributed by atoms with Gasteiger partial charge >= 0.3 is 0 Å². The van der Waals surface area contributed by atoms with Gasteiger partial charge in [0.25, 0.3) is 0 Å². The van der Waals surface area contributed by atoms with E-state index in [1.165, 1.54) is 6.92 Å². The summed E-state index contributed by atoms with van der Waals surface area (Å²) in [6.45, 7) is 1.48. The summed E-state index contributed by atoms with van der Waals surface area (Å²) < 4.78 is 1.73. The van der Waals surface area contributed by atoms with Gasteiger partial charge in [0.05, 0.1) is 17.6 Å². The highest BCUT2D eigenvalue weighted by Gasteiger charge is 2.09. The van der Waals surface area contributed by atoms with Gasteiger partial charge in [0, 0.05) is 23.9 Å². The normalized spacial score (nSPS) is 10.4. The van der Waals surface area contributed by atoms with Gasteiger partial charge in [-0.3, -0.25) is 4.79 Å². The van der Waals surface area contributed by atoms with Gasteiger partial charge in [-0.05, 0) is 36.4 Å². The first-order valence-electron chi connectivity index (χ1n) is 6.78. The number of benzene rings is 2. The van der Waals surface area contributed by atoms with Crippen molar-refractivity contribution in [1.29, 1.82) is 0 Å². The zero-order chi connectivity index (χ0) is 15.5. The second-order valence-electron chi connectivity index (χ2n) is 4.88. The molecular weight excluding hydrogens is 278 g/mol. The van der Waals surface area contributed by atoms with Gasteiger partial charge in [-0.15, -0.1) is 5.10 Å². The van der Waals surface area contributed by atoms with Crippen molar-refractivity contribution >= 4 is 17.3 Å². The van der Waals surface area contributed by atoms with E-state index in [9.17, 15) is 4.79 Å². The van der Waals surface area contributed by atoms with Crippen LogP contribution in [0.3, 0.4) is 0 Å². The molecule has 0 atom stereocenters. The number of anilines is 2. The fourth-order valence-corrected chi connectivity index (χ4v) is 2.20. The maximum absolute atomic E-state index is 11.2. The van der Waals surface area contributed by atoms with Gasteiger partial charge < -0.3 is 11.1 Å². The summed E-state index contributed by atoms with van der Waals surface area (Å²) in [5, 5.41) is 10.9. The molecule has 1 heterocycles. The Morgan fingerprint density at radius 2 is 1.95 bits per heavy atom. The molecule has 22 heavy (non-hydrogen) atoms. The molecule has 0 spiro atoms. The third kappa shape index (κ3) is 2.80. The summed E-state index contributed by atoms with van der Waals surface area (Å²) in [5.41, 5.74) is 9.74. The number of amides is 1. The zero-order valence-electron chi connectivity index (χ0n) is 12.0. The maximum atomic E-state index is 11.2. The summed E-state index contributed by atoms with van der Waals surface area (Å²) >= 11 is 0. The van der Waals surface area contributed by atoms with Gasteiger partial charge in [-0.2, -0.15) is 0 Å². The first-order valence-corrected chi connectivity index (χ1v) is 6.78. The summed E-state index contributed by atoms with van der Waals surface area (Å²) in [5.74, 6) is -0.109. The van der Waals surface area contributed by atoms with Crippen LogP contribution in [0, 0.1) is 0 Å². The first kappa shape index (κ1) is 13.8. The summed E-state index contributed by atoms with van der Waals surface area (Å²) in [7, 11) is 0.